The summed E-state index contributed by atoms with van der Waals surface area (Å²) in [6, 6.07) is 11.2. The van der Waals surface area contributed by atoms with Gasteiger partial charge in [-0.05, 0) is 68.7 Å². The maximum absolute atomic E-state index is 13.6. The van der Waals surface area contributed by atoms with E-state index in [1.165, 1.54) is 5.56 Å². The van der Waals surface area contributed by atoms with Crippen molar-refractivity contribution in [1.29, 1.82) is 0 Å². The van der Waals surface area contributed by atoms with Crippen LogP contribution in [0.4, 0.5) is 5.82 Å². The SMILES string of the molecule is CCCCOc1ccc(C(=O)[C@@H]2CC(=O)Nc3c2c(C)nn3-c2ccc(C)c(C)c2)cc1OC. The summed E-state index contributed by atoms with van der Waals surface area (Å²) in [4.78, 5) is 26.3. The Hall–Kier alpha value is -3.61. The van der Waals surface area contributed by atoms with Crippen LogP contribution in [0.25, 0.3) is 5.69 Å². The van der Waals surface area contributed by atoms with E-state index in [2.05, 4.69) is 17.3 Å². The monoisotopic (exact) mass is 461 g/mol. The number of rotatable bonds is 8. The number of amides is 1. The average molecular weight is 462 g/mol. The first-order valence-corrected chi connectivity index (χ1v) is 11.7. The van der Waals surface area contributed by atoms with Gasteiger partial charge in [-0.1, -0.05) is 19.4 Å². The van der Waals surface area contributed by atoms with Crippen molar-refractivity contribution in [3.8, 4) is 17.2 Å². The first kappa shape index (κ1) is 23.5. The molecule has 0 saturated carbocycles. The predicted molar refractivity (Wildman–Crippen MR) is 131 cm³/mol. The highest BCUT2D eigenvalue weighted by Crippen LogP contribution is 2.39. The van der Waals surface area contributed by atoms with Gasteiger partial charge in [0.15, 0.2) is 17.3 Å². The molecule has 0 unspecified atom stereocenters. The molecule has 0 fully saturated rings. The molecule has 0 radical (unpaired) electrons. The van der Waals surface area contributed by atoms with Crippen LogP contribution in [0.3, 0.4) is 0 Å². The molecule has 0 spiro atoms. The Kier molecular flexibility index (Phi) is 6.72. The highest BCUT2D eigenvalue weighted by Gasteiger charge is 2.36. The van der Waals surface area contributed by atoms with Gasteiger partial charge in [0.05, 0.1) is 31.0 Å². The van der Waals surface area contributed by atoms with Crippen molar-refractivity contribution in [2.45, 2.75) is 52.9 Å². The highest BCUT2D eigenvalue weighted by atomic mass is 16.5. The lowest BCUT2D eigenvalue weighted by molar-refractivity contribution is -0.116. The largest absolute Gasteiger partial charge is 0.493 e. The number of hydrogen-bond donors (Lipinski definition) is 1. The fourth-order valence-corrected chi connectivity index (χ4v) is 4.28. The van der Waals surface area contributed by atoms with Crippen molar-refractivity contribution in [3.05, 3.63) is 64.3 Å². The van der Waals surface area contributed by atoms with E-state index in [0.717, 1.165) is 35.3 Å². The molecule has 34 heavy (non-hydrogen) atoms. The predicted octanol–water partition coefficient (Wildman–Crippen LogP) is 5.29. The first-order chi connectivity index (χ1) is 16.3. The first-order valence-electron chi connectivity index (χ1n) is 11.7. The number of carbonyl (C=O) groups excluding carboxylic acids is 2. The lowest BCUT2D eigenvalue weighted by Gasteiger charge is -2.23. The number of nitrogens with one attached hydrogen (secondary N) is 1. The third-order valence-corrected chi connectivity index (χ3v) is 6.36. The number of anilines is 1. The van der Waals surface area contributed by atoms with Gasteiger partial charge in [0.2, 0.25) is 5.91 Å². The molecule has 3 aromatic rings. The summed E-state index contributed by atoms with van der Waals surface area (Å²) in [5.41, 5.74) is 5.10. The lowest BCUT2D eigenvalue weighted by atomic mass is 9.85. The summed E-state index contributed by atoms with van der Waals surface area (Å²) in [6.07, 6.45) is 2.04. The van der Waals surface area contributed by atoms with E-state index >= 15 is 0 Å². The number of aromatic nitrogens is 2. The van der Waals surface area contributed by atoms with E-state index in [1.807, 2.05) is 39.0 Å². The molecule has 1 aromatic heterocycles. The van der Waals surface area contributed by atoms with E-state index < -0.39 is 5.92 Å². The second-order valence-electron chi connectivity index (χ2n) is 8.76. The molecule has 1 aliphatic rings. The molecule has 2 heterocycles. The van der Waals surface area contributed by atoms with Gasteiger partial charge in [-0.25, -0.2) is 4.68 Å². The number of ether oxygens (including phenoxy) is 2. The van der Waals surface area contributed by atoms with Crippen LogP contribution in [-0.4, -0.2) is 35.2 Å². The number of nitrogens with zero attached hydrogens (tertiary/aromatic N) is 2. The molecular formula is C27H31N3O4. The smallest absolute Gasteiger partial charge is 0.226 e. The van der Waals surface area contributed by atoms with Crippen molar-refractivity contribution in [2.24, 2.45) is 0 Å². The van der Waals surface area contributed by atoms with Crippen molar-refractivity contribution >= 4 is 17.5 Å². The average Bonchev–Trinajstić information content (AvgIpc) is 3.16. The fraction of sp³-hybridized carbons (Fsp3) is 0.370. The van der Waals surface area contributed by atoms with Crippen LogP contribution >= 0.6 is 0 Å². The molecule has 0 saturated heterocycles. The topological polar surface area (TPSA) is 82.5 Å². The van der Waals surface area contributed by atoms with Gasteiger partial charge >= 0.3 is 0 Å². The Morgan fingerprint density at radius 3 is 2.62 bits per heavy atom. The highest BCUT2D eigenvalue weighted by molar-refractivity contribution is 6.08. The zero-order chi connectivity index (χ0) is 24.4. The molecule has 0 bridgehead atoms. The Morgan fingerprint density at radius 2 is 1.91 bits per heavy atom. The van der Waals surface area contributed by atoms with Gasteiger partial charge in [-0.2, -0.15) is 5.10 Å². The van der Waals surface area contributed by atoms with Gasteiger partial charge in [-0.15, -0.1) is 0 Å². The molecule has 7 heteroatoms. The van der Waals surface area contributed by atoms with Crippen LogP contribution in [-0.2, 0) is 4.79 Å². The summed E-state index contributed by atoms with van der Waals surface area (Å²) >= 11 is 0. The van der Waals surface area contributed by atoms with Crippen molar-refractivity contribution < 1.29 is 19.1 Å². The van der Waals surface area contributed by atoms with Crippen LogP contribution in [0.5, 0.6) is 11.5 Å². The lowest BCUT2D eigenvalue weighted by Crippen LogP contribution is -2.28. The molecule has 7 nitrogen and oxygen atoms in total. The number of methoxy groups -OCH3 is 1. The van der Waals surface area contributed by atoms with E-state index in [0.29, 0.717) is 29.5 Å². The van der Waals surface area contributed by atoms with Gasteiger partial charge in [0.25, 0.3) is 0 Å². The normalized spacial score (nSPS) is 15.0. The van der Waals surface area contributed by atoms with Crippen LogP contribution in [0.2, 0.25) is 0 Å². The number of hydrogen-bond acceptors (Lipinski definition) is 5. The van der Waals surface area contributed by atoms with Crippen LogP contribution in [0.15, 0.2) is 36.4 Å². The zero-order valence-corrected chi connectivity index (χ0v) is 20.4. The maximum atomic E-state index is 13.6. The van der Waals surface area contributed by atoms with E-state index in [9.17, 15) is 9.59 Å². The Bertz CT molecular complexity index is 1240. The number of ketones is 1. The second-order valence-corrected chi connectivity index (χ2v) is 8.76. The van der Waals surface area contributed by atoms with Crippen molar-refractivity contribution in [2.75, 3.05) is 19.0 Å². The van der Waals surface area contributed by atoms with Gasteiger partial charge in [0.1, 0.15) is 5.82 Å². The molecule has 178 valence electrons. The fourth-order valence-electron chi connectivity index (χ4n) is 4.28. The zero-order valence-electron chi connectivity index (χ0n) is 20.4. The molecular weight excluding hydrogens is 430 g/mol. The van der Waals surface area contributed by atoms with Gasteiger partial charge in [-0.3, -0.25) is 9.59 Å². The minimum atomic E-state index is -0.624. The van der Waals surface area contributed by atoms with E-state index in [4.69, 9.17) is 9.47 Å². The molecule has 0 aliphatic carbocycles. The summed E-state index contributed by atoms with van der Waals surface area (Å²) < 4.78 is 13.0. The van der Waals surface area contributed by atoms with Gasteiger partial charge < -0.3 is 14.8 Å². The van der Waals surface area contributed by atoms with Crippen LogP contribution in [0.1, 0.15) is 64.8 Å². The molecule has 1 atom stereocenters. The van der Waals surface area contributed by atoms with Gasteiger partial charge in [0, 0.05) is 17.5 Å². The Balaban J connectivity index is 1.70. The van der Waals surface area contributed by atoms with Crippen LogP contribution in [0, 0.1) is 20.8 Å². The molecule has 1 aliphatic heterocycles. The third kappa shape index (κ3) is 4.42. The number of benzene rings is 2. The summed E-state index contributed by atoms with van der Waals surface area (Å²) in [7, 11) is 1.56. The molecule has 2 aromatic carbocycles. The maximum Gasteiger partial charge on any atom is 0.226 e. The summed E-state index contributed by atoms with van der Waals surface area (Å²) in [5, 5.41) is 7.63. The quantitative estimate of drug-likeness (QED) is 0.364. The molecule has 4 rings (SSSR count). The standard InChI is InChI=1S/C27H31N3O4/c1-6-7-12-34-22-11-9-19(14-23(22)33-5)26(32)21-15-24(31)28-27-25(21)18(4)29-30(27)20-10-8-16(2)17(3)13-20/h8-11,13-14,21H,6-7,12,15H2,1-5H3,(H,28,31)/t21-/m1/s1. The summed E-state index contributed by atoms with van der Waals surface area (Å²) in [6.45, 7) is 8.65. The number of unbranched alkanes of at least 4 members (excludes halogenated alkanes) is 1. The van der Waals surface area contributed by atoms with Crippen molar-refractivity contribution in [3.63, 3.8) is 0 Å². The second kappa shape index (κ2) is 9.71. The number of carbonyl (C=O) groups is 2. The summed E-state index contributed by atoms with van der Waals surface area (Å²) in [5.74, 6) is 0.695. The Morgan fingerprint density at radius 1 is 1.12 bits per heavy atom. The van der Waals surface area contributed by atoms with Crippen molar-refractivity contribution in [1.82, 2.24) is 9.78 Å². The number of aryl methyl sites for hydroxylation is 3. The molecule has 1 amide bonds. The van der Waals surface area contributed by atoms with E-state index in [1.54, 1.807) is 30.0 Å². The van der Waals surface area contributed by atoms with Crippen LogP contribution < -0.4 is 14.8 Å². The number of fused-ring (bicyclic) bond motifs is 1. The minimum absolute atomic E-state index is 0.0718. The molecule has 1 N–H and O–H groups in total. The minimum Gasteiger partial charge on any atom is -0.493 e. The number of Topliss-reactive ketones (excluding diaryl/α,β-unsaturated/α-hetero) is 1. The third-order valence-electron chi connectivity index (χ3n) is 6.36. The Labute approximate surface area is 200 Å². The van der Waals surface area contributed by atoms with E-state index in [-0.39, 0.29) is 18.1 Å².